The number of nitriles is 1. The van der Waals surface area contributed by atoms with E-state index in [9.17, 15) is 14.3 Å². The number of ether oxygens (including phenoxy) is 1. The van der Waals surface area contributed by atoms with Crippen molar-refractivity contribution in [2.45, 2.75) is 44.9 Å². The van der Waals surface area contributed by atoms with Gasteiger partial charge in [0.25, 0.3) is 0 Å². The molecule has 0 saturated carbocycles. The van der Waals surface area contributed by atoms with Crippen molar-refractivity contribution in [3.63, 3.8) is 0 Å². The second-order valence-corrected chi connectivity index (χ2v) is 6.39. The number of carbonyl (C=O) groups excluding carboxylic acids is 1. The highest BCUT2D eigenvalue weighted by Gasteiger charge is 2.45. The van der Waals surface area contributed by atoms with E-state index >= 15 is 0 Å². The number of rotatable bonds is 1. The van der Waals surface area contributed by atoms with Gasteiger partial charge in [-0.05, 0) is 45.4 Å². The number of aliphatic hydroxyl groups is 1. The molecule has 1 aliphatic heterocycles. The van der Waals surface area contributed by atoms with E-state index in [4.69, 9.17) is 10.00 Å². The van der Waals surface area contributed by atoms with E-state index in [1.807, 2.05) is 6.07 Å². The summed E-state index contributed by atoms with van der Waals surface area (Å²) in [5, 5.41) is 19.8. The first-order chi connectivity index (χ1) is 10.2. The lowest BCUT2D eigenvalue weighted by molar-refractivity contribution is -0.0895. The molecule has 118 valence electrons. The van der Waals surface area contributed by atoms with Gasteiger partial charge in [0.2, 0.25) is 0 Å². The second kappa shape index (κ2) is 5.58. The van der Waals surface area contributed by atoms with Crippen LogP contribution in [0.2, 0.25) is 0 Å². The van der Waals surface area contributed by atoms with Crippen molar-refractivity contribution in [1.29, 1.82) is 5.26 Å². The van der Waals surface area contributed by atoms with Crippen LogP contribution >= 0.6 is 0 Å². The molecule has 1 saturated heterocycles. The van der Waals surface area contributed by atoms with Gasteiger partial charge < -0.3 is 9.84 Å². The van der Waals surface area contributed by atoms with Crippen LogP contribution in [-0.4, -0.2) is 28.2 Å². The predicted molar refractivity (Wildman–Crippen MR) is 77.2 cm³/mol. The standard InChI is InChI=1S/C16H19FN2O3/c1-15(2,3)22-14(20)19-6-4-5-16(19,21)12-7-11(10-18)8-13(17)9-12/h7-9,21H,4-6H2,1-3H3/t16-/m1/s1. The van der Waals surface area contributed by atoms with Gasteiger partial charge in [0.15, 0.2) is 5.72 Å². The molecule has 1 heterocycles. The summed E-state index contributed by atoms with van der Waals surface area (Å²) in [5.74, 6) is -0.626. The number of benzene rings is 1. The minimum Gasteiger partial charge on any atom is -0.444 e. The highest BCUT2D eigenvalue weighted by molar-refractivity contribution is 5.70. The van der Waals surface area contributed by atoms with Crippen LogP contribution in [0.5, 0.6) is 0 Å². The normalized spacial score (nSPS) is 21.5. The lowest BCUT2D eigenvalue weighted by Gasteiger charge is -2.35. The summed E-state index contributed by atoms with van der Waals surface area (Å²) in [4.78, 5) is 13.5. The smallest absolute Gasteiger partial charge is 0.412 e. The van der Waals surface area contributed by atoms with Crippen LogP contribution in [0.25, 0.3) is 0 Å². The van der Waals surface area contributed by atoms with E-state index in [1.54, 1.807) is 20.8 Å². The van der Waals surface area contributed by atoms with Crippen molar-refractivity contribution in [2.24, 2.45) is 0 Å². The van der Waals surface area contributed by atoms with E-state index in [0.717, 1.165) is 12.1 Å². The molecule has 1 fully saturated rings. The van der Waals surface area contributed by atoms with E-state index in [0.29, 0.717) is 13.0 Å². The Hall–Kier alpha value is -2.13. The Balaban J connectivity index is 2.37. The lowest BCUT2D eigenvalue weighted by Crippen LogP contribution is -2.47. The highest BCUT2D eigenvalue weighted by atomic mass is 19.1. The van der Waals surface area contributed by atoms with Crippen LogP contribution in [0.4, 0.5) is 9.18 Å². The molecule has 1 atom stereocenters. The van der Waals surface area contributed by atoms with Gasteiger partial charge in [0.05, 0.1) is 11.6 Å². The number of hydrogen-bond donors (Lipinski definition) is 1. The summed E-state index contributed by atoms with van der Waals surface area (Å²) in [5.41, 5.74) is -2.07. The monoisotopic (exact) mass is 306 g/mol. The molecule has 0 radical (unpaired) electrons. The zero-order chi connectivity index (χ0) is 16.5. The van der Waals surface area contributed by atoms with Gasteiger partial charge in [-0.1, -0.05) is 0 Å². The van der Waals surface area contributed by atoms with Crippen LogP contribution in [0.15, 0.2) is 18.2 Å². The largest absolute Gasteiger partial charge is 0.444 e. The minimum atomic E-state index is -1.66. The van der Waals surface area contributed by atoms with Crippen molar-refractivity contribution in [3.05, 3.63) is 35.1 Å². The molecule has 0 spiro atoms. The summed E-state index contributed by atoms with van der Waals surface area (Å²) in [6, 6.07) is 5.47. The molecular weight excluding hydrogens is 287 g/mol. The maximum atomic E-state index is 13.6. The van der Waals surface area contributed by atoms with Crippen molar-refractivity contribution < 1.29 is 19.0 Å². The van der Waals surface area contributed by atoms with Gasteiger partial charge in [0.1, 0.15) is 11.4 Å². The zero-order valence-electron chi connectivity index (χ0n) is 12.9. The van der Waals surface area contributed by atoms with Gasteiger partial charge in [0, 0.05) is 18.5 Å². The zero-order valence-corrected chi connectivity index (χ0v) is 12.9. The Kier molecular flexibility index (Phi) is 4.12. The van der Waals surface area contributed by atoms with Gasteiger partial charge >= 0.3 is 6.09 Å². The third kappa shape index (κ3) is 3.20. The summed E-state index contributed by atoms with van der Waals surface area (Å²) in [7, 11) is 0. The van der Waals surface area contributed by atoms with Crippen molar-refractivity contribution in [1.82, 2.24) is 4.90 Å². The molecule has 0 aromatic heterocycles. The average Bonchev–Trinajstić information content (AvgIpc) is 2.79. The van der Waals surface area contributed by atoms with Crippen LogP contribution in [-0.2, 0) is 10.5 Å². The third-order valence-electron chi connectivity index (χ3n) is 3.46. The maximum absolute atomic E-state index is 13.6. The fourth-order valence-corrected chi connectivity index (χ4v) is 2.55. The first-order valence-electron chi connectivity index (χ1n) is 7.10. The second-order valence-electron chi connectivity index (χ2n) is 6.39. The molecule has 6 heteroatoms. The van der Waals surface area contributed by atoms with Crippen LogP contribution in [0.3, 0.4) is 0 Å². The first-order valence-corrected chi connectivity index (χ1v) is 7.10. The number of likely N-dealkylation sites (tertiary alicyclic amines) is 1. The van der Waals surface area contributed by atoms with Crippen LogP contribution < -0.4 is 0 Å². The molecule has 1 aliphatic rings. The molecule has 1 aromatic carbocycles. The number of halogens is 1. The van der Waals surface area contributed by atoms with Gasteiger partial charge in [-0.15, -0.1) is 0 Å². The molecule has 0 aliphatic carbocycles. The molecule has 1 amide bonds. The molecule has 2 rings (SSSR count). The summed E-state index contributed by atoms with van der Waals surface area (Å²) < 4.78 is 18.9. The fourth-order valence-electron chi connectivity index (χ4n) is 2.55. The van der Waals surface area contributed by atoms with E-state index in [2.05, 4.69) is 0 Å². The predicted octanol–water partition coefficient (Wildman–Crippen LogP) is 2.87. The number of hydrogen-bond acceptors (Lipinski definition) is 4. The molecule has 22 heavy (non-hydrogen) atoms. The fraction of sp³-hybridized carbons (Fsp3) is 0.500. The molecule has 1 N–H and O–H groups in total. The number of amides is 1. The van der Waals surface area contributed by atoms with Crippen LogP contribution in [0.1, 0.15) is 44.7 Å². The van der Waals surface area contributed by atoms with Gasteiger partial charge in [-0.2, -0.15) is 5.26 Å². The molecule has 5 nitrogen and oxygen atoms in total. The summed E-state index contributed by atoms with van der Waals surface area (Å²) in [6.45, 7) is 5.51. The van der Waals surface area contributed by atoms with Gasteiger partial charge in [-0.25, -0.2) is 9.18 Å². The van der Waals surface area contributed by atoms with Gasteiger partial charge in [-0.3, -0.25) is 4.90 Å². The average molecular weight is 306 g/mol. The van der Waals surface area contributed by atoms with Crippen molar-refractivity contribution in [3.8, 4) is 6.07 Å². The Morgan fingerprint density at radius 3 is 2.73 bits per heavy atom. The number of nitrogens with zero attached hydrogens (tertiary/aromatic N) is 2. The lowest BCUT2D eigenvalue weighted by atomic mass is 9.98. The molecule has 0 bridgehead atoms. The number of carbonyl (C=O) groups is 1. The summed E-state index contributed by atoms with van der Waals surface area (Å²) in [6.07, 6.45) is 0.171. The van der Waals surface area contributed by atoms with Crippen molar-refractivity contribution in [2.75, 3.05) is 6.54 Å². The van der Waals surface area contributed by atoms with Crippen LogP contribution in [0, 0.1) is 17.1 Å². The first kappa shape index (κ1) is 16.2. The topological polar surface area (TPSA) is 73.6 Å². The molecular formula is C16H19FN2O3. The maximum Gasteiger partial charge on any atom is 0.412 e. The Labute approximate surface area is 128 Å². The Morgan fingerprint density at radius 1 is 1.45 bits per heavy atom. The third-order valence-corrected chi connectivity index (χ3v) is 3.46. The SMILES string of the molecule is CC(C)(C)OC(=O)N1CCC[C@@]1(O)c1cc(F)cc(C#N)c1. The highest BCUT2D eigenvalue weighted by Crippen LogP contribution is 2.38. The Morgan fingerprint density at radius 2 is 2.14 bits per heavy atom. The van der Waals surface area contributed by atoms with Crippen molar-refractivity contribution >= 4 is 6.09 Å². The molecule has 0 unspecified atom stereocenters. The Bertz CT molecular complexity index is 633. The van der Waals surface area contributed by atoms with E-state index in [1.165, 1.54) is 11.0 Å². The van der Waals surface area contributed by atoms with E-state index in [-0.39, 0.29) is 17.5 Å². The quantitative estimate of drug-likeness (QED) is 0.866. The summed E-state index contributed by atoms with van der Waals surface area (Å²) >= 11 is 0. The molecule has 1 aromatic rings. The van der Waals surface area contributed by atoms with E-state index < -0.39 is 23.2 Å². The minimum absolute atomic E-state index is 0.0967.